The lowest BCUT2D eigenvalue weighted by atomic mass is 10.1. The van der Waals surface area contributed by atoms with Crippen LogP contribution in [0.15, 0.2) is 54.9 Å². The summed E-state index contributed by atoms with van der Waals surface area (Å²) in [6.45, 7) is 0. The second kappa shape index (κ2) is 6.55. The normalized spacial score (nSPS) is 15.2. The van der Waals surface area contributed by atoms with Crippen molar-refractivity contribution < 1.29 is 19.0 Å². The quantitative estimate of drug-likeness (QED) is 0.662. The van der Waals surface area contributed by atoms with Crippen molar-refractivity contribution in [3.05, 3.63) is 66.2 Å². The van der Waals surface area contributed by atoms with Crippen LogP contribution in [0.4, 0.5) is 0 Å². The maximum absolute atomic E-state index is 13.0. The third-order valence-corrected chi connectivity index (χ3v) is 4.44. The number of Topliss-reactive ketones (excluding diaryl/α,β-unsaturated/α-hetero) is 1. The van der Waals surface area contributed by atoms with E-state index in [9.17, 15) is 4.79 Å². The summed E-state index contributed by atoms with van der Waals surface area (Å²) in [7, 11) is 3.17. The van der Waals surface area contributed by atoms with Gasteiger partial charge in [-0.3, -0.25) is 9.36 Å². The summed E-state index contributed by atoms with van der Waals surface area (Å²) in [5, 5.41) is 0. The van der Waals surface area contributed by atoms with Crippen molar-refractivity contribution in [1.82, 2.24) is 9.55 Å². The van der Waals surface area contributed by atoms with Gasteiger partial charge in [-0.1, -0.05) is 18.2 Å². The number of carbonyl (C=O) groups is 1. The van der Waals surface area contributed by atoms with E-state index in [1.165, 1.54) is 0 Å². The molecule has 0 N–H and O–H groups in total. The van der Waals surface area contributed by atoms with Gasteiger partial charge in [0.1, 0.15) is 17.2 Å². The lowest BCUT2D eigenvalue weighted by Crippen LogP contribution is -2.28. The first-order chi connectivity index (χ1) is 12.7. The van der Waals surface area contributed by atoms with Crippen molar-refractivity contribution in [2.45, 2.75) is 12.5 Å². The van der Waals surface area contributed by atoms with Crippen LogP contribution in [0, 0.1) is 0 Å². The second-order valence-corrected chi connectivity index (χ2v) is 5.94. The first kappa shape index (κ1) is 16.2. The van der Waals surface area contributed by atoms with Crippen LogP contribution in [0.3, 0.4) is 0 Å². The highest BCUT2D eigenvalue weighted by Gasteiger charge is 2.34. The zero-order valence-electron chi connectivity index (χ0n) is 14.5. The average Bonchev–Trinajstić information content (AvgIpc) is 3.34. The maximum Gasteiger partial charge on any atom is 0.239 e. The van der Waals surface area contributed by atoms with E-state index in [0.717, 1.165) is 11.3 Å². The number of aromatic nitrogens is 2. The monoisotopic (exact) mass is 350 g/mol. The van der Waals surface area contributed by atoms with E-state index < -0.39 is 6.10 Å². The van der Waals surface area contributed by atoms with Crippen LogP contribution in [0.2, 0.25) is 0 Å². The number of hydrogen-bond acceptors (Lipinski definition) is 5. The molecule has 3 aromatic rings. The summed E-state index contributed by atoms with van der Waals surface area (Å²) < 4.78 is 18.4. The number of ketones is 1. The van der Waals surface area contributed by atoms with E-state index in [4.69, 9.17) is 14.2 Å². The molecule has 0 radical (unpaired) electrons. The van der Waals surface area contributed by atoms with Crippen LogP contribution in [0.5, 0.6) is 17.2 Å². The topological polar surface area (TPSA) is 62.6 Å². The van der Waals surface area contributed by atoms with Gasteiger partial charge >= 0.3 is 0 Å². The summed E-state index contributed by atoms with van der Waals surface area (Å²) in [6.07, 6.45) is 3.18. The molecule has 26 heavy (non-hydrogen) atoms. The largest absolute Gasteiger partial charge is 0.496 e. The molecular formula is C20H18N2O4. The van der Waals surface area contributed by atoms with Crippen molar-refractivity contribution >= 4 is 5.78 Å². The van der Waals surface area contributed by atoms with Crippen molar-refractivity contribution in [2.75, 3.05) is 14.2 Å². The molecule has 1 aliphatic rings. The van der Waals surface area contributed by atoms with Crippen molar-refractivity contribution in [3.63, 3.8) is 0 Å². The van der Waals surface area contributed by atoms with Gasteiger partial charge in [-0.25, -0.2) is 4.98 Å². The molecule has 132 valence electrons. The Morgan fingerprint density at radius 3 is 2.73 bits per heavy atom. The number of imidazole rings is 1. The lowest BCUT2D eigenvalue weighted by molar-refractivity contribution is 0.0811. The average molecular weight is 350 g/mol. The van der Waals surface area contributed by atoms with Gasteiger partial charge in [0.25, 0.3) is 0 Å². The van der Waals surface area contributed by atoms with Crippen molar-refractivity contribution in [3.8, 4) is 22.9 Å². The van der Waals surface area contributed by atoms with Crippen molar-refractivity contribution in [1.29, 1.82) is 0 Å². The predicted octanol–water partition coefficient (Wildman–Crippen LogP) is 3.08. The molecule has 0 bridgehead atoms. The van der Waals surface area contributed by atoms with E-state index in [0.29, 0.717) is 29.5 Å². The molecule has 4 rings (SSSR count). The smallest absolute Gasteiger partial charge is 0.239 e. The number of carbonyl (C=O) groups excluding carboxylic acids is 1. The highest BCUT2D eigenvalue weighted by atomic mass is 16.5. The lowest BCUT2D eigenvalue weighted by Gasteiger charge is -2.11. The number of fused-ring (bicyclic) bond motifs is 1. The molecule has 1 aliphatic heterocycles. The summed E-state index contributed by atoms with van der Waals surface area (Å²) in [6, 6.07) is 13.2. The molecule has 0 amide bonds. The number of hydrogen-bond donors (Lipinski definition) is 0. The van der Waals surface area contributed by atoms with Crippen molar-refractivity contribution in [2.24, 2.45) is 0 Å². The number of nitrogens with zero attached hydrogens (tertiary/aromatic N) is 2. The van der Waals surface area contributed by atoms with Gasteiger partial charge in [0.2, 0.25) is 5.78 Å². The molecule has 0 aliphatic carbocycles. The van der Waals surface area contributed by atoms with E-state index in [1.807, 2.05) is 30.3 Å². The van der Waals surface area contributed by atoms with Gasteiger partial charge < -0.3 is 14.2 Å². The highest BCUT2D eigenvalue weighted by Crippen LogP contribution is 2.40. The summed E-state index contributed by atoms with van der Waals surface area (Å²) >= 11 is 0. The molecule has 0 saturated heterocycles. The number of rotatable bonds is 5. The van der Waals surface area contributed by atoms with Crippen LogP contribution < -0.4 is 14.2 Å². The van der Waals surface area contributed by atoms with E-state index >= 15 is 0 Å². The number of para-hydroxylation sites is 1. The van der Waals surface area contributed by atoms with Crippen LogP contribution in [-0.2, 0) is 6.42 Å². The van der Waals surface area contributed by atoms with Crippen LogP contribution >= 0.6 is 0 Å². The predicted molar refractivity (Wildman–Crippen MR) is 95.6 cm³/mol. The fraction of sp³-hybridized carbons (Fsp3) is 0.200. The molecule has 6 nitrogen and oxygen atoms in total. The van der Waals surface area contributed by atoms with E-state index in [1.54, 1.807) is 43.3 Å². The summed E-state index contributed by atoms with van der Waals surface area (Å²) in [5.41, 5.74) is 1.74. The van der Waals surface area contributed by atoms with E-state index in [-0.39, 0.29) is 5.78 Å². The summed E-state index contributed by atoms with van der Waals surface area (Å²) in [4.78, 5) is 17.3. The Bertz CT molecular complexity index is 950. The van der Waals surface area contributed by atoms with Gasteiger partial charge in [0, 0.05) is 42.2 Å². The third-order valence-electron chi connectivity index (χ3n) is 4.44. The molecule has 2 aromatic carbocycles. The molecule has 2 heterocycles. The fourth-order valence-corrected chi connectivity index (χ4v) is 3.16. The van der Waals surface area contributed by atoms with Gasteiger partial charge in [-0.2, -0.15) is 0 Å². The minimum Gasteiger partial charge on any atom is -0.496 e. The molecule has 0 spiro atoms. The van der Waals surface area contributed by atoms with Gasteiger partial charge in [-0.15, -0.1) is 0 Å². The molecular weight excluding hydrogens is 332 g/mol. The maximum atomic E-state index is 13.0. The Balaban J connectivity index is 1.64. The molecule has 1 atom stereocenters. The molecule has 6 heteroatoms. The third kappa shape index (κ3) is 2.69. The minimum absolute atomic E-state index is 0.170. The Morgan fingerprint density at radius 1 is 1.19 bits per heavy atom. The molecule has 0 fully saturated rings. The number of methoxy groups -OCH3 is 2. The zero-order chi connectivity index (χ0) is 18.1. The van der Waals surface area contributed by atoms with Crippen LogP contribution in [-0.4, -0.2) is 35.7 Å². The zero-order valence-corrected chi connectivity index (χ0v) is 14.5. The number of ether oxygens (including phenoxy) is 3. The van der Waals surface area contributed by atoms with Crippen LogP contribution in [0.1, 0.15) is 16.2 Å². The molecule has 0 unspecified atom stereocenters. The van der Waals surface area contributed by atoms with Gasteiger partial charge in [0.15, 0.2) is 11.9 Å². The Morgan fingerprint density at radius 2 is 2.00 bits per heavy atom. The highest BCUT2D eigenvalue weighted by molar-refractivity contribution is 5.98. The second-order valence-electron chi connectivity index (χ2n) is 5.94. The summed E-state index contributed by atoms with van der Waals surface area (Å²) in [5.74, 6) is 2.06. The minimum atomic E-state index is -0.643. The Kier molecular flexibility index (Phi) is 4.08. The Hall–Kier alpha value is -3.28. The van der Waals surface area contributed by atoms with Gasteiger partial charge in [0.05, 0.1) is 14.2 Å². The van der Waals surface area contributed by atoms with E-state index in [2.05, 4.69) is 4.98 Å². The fourth-order valence-electron chi connectivity index (χ4n) is 3.16. The molecule has 0 saturated carbocycles. The first-order valence-corrected chi connectivity index (χ1v) is 8.26. The SMILES string of the molecule is COc1cc(OC)c2c(c1)O[C@@H](C(=O)c1nccn1-c1ccccc1)C2. The molecule has 1 aromatic heterocycles. The number of benzene rings is 2. The standard InChI is InChI=1S/C20H18N2O4/c1-24-14-10-16(25-2)15-12-18(26-17(15)11-14)19(23)20-21-8-9-22(20)13-6-4-3-5-7-13/h3-11,18H,12H2,1-2H3/t18-/m1/s1. The first-order valence-electron chi connectivity index (χ1n) is 8.26. The van der Waals surface area contributed by atoms with Gasteiger partial charge in [-0.05, 0) is 12.1 Å². The van der Waals surface area contributed by atoms with Crippen LogP contribution in [0.25, 0.3) is 5.69 Å². The Labute approximate surface area is 151 Å².